The zero-order chi connectivity index (χ0) is 14.1. The largest absolute Gasteiger partial charge is 0.315 e. The van der Waals surface area contributed by atoms with Crippen molar-refractivity contribution in [3.05, 3.63) is 63.6 Å². The third kappa shape index (κ3) is 2.71. The Morgan fingerprint density at radius 1 is 1.10 bits per heavy atom. The first kappa shape index (κ1) is 14.3. The maximum absolute atomic E-state index is 6.11. The molecule has 0 heterocycles. The number of fused-ring (bicyclic) bond motifs is 1. The SMILES string of the molecule is CNC1Cc2ccccc2C1Sc1ccc(Cl)c(Cl)c1. The van der Waals surface area contributed by atoms with E-state index in [1.165, 1.54) is 11.1 Å². The van der Waals surface area contributed by atoms with Crippen molar-refractivity contribution in [2.75, 3.05) is 7.05 Å². The molecular formula is C16H15Cl2NS. The minimum Gasteiger partial charge on any atom is -0.315 e. The highest BCUT2D eigenvalue weighted by molar-refractivity contribution is 7.99. The molecule has 3 rings (SSSR count). The van der Waals surface area contributed by atoms with Crippen LogP contribution in [0.2, 0.25) is 10.0 Å². The molecule has 104 valence electrons. The molecule has 2 aromatic carbocycles. The Morgan fingerprint density at radius 2 is 1.90 bits per heavy atom. The summed E-state index contributed by atoms with van der Waals surface area (Å²) < 4.78 is 0. The lowest BCUT2D eigenvalue weighted by Crippen LogP contribution is -2.27. The maximum Gasteiger partial charge on any atom is 0.0603 e. The van der Waals surface area contributed by atoms with Crippen LogP contribution in [-0.4, -0.2) is 13.1 Å². The molecule has 0 aromatic heterocycles. The maximum atomic E-state index is 6.11. The van der Waals surface area contributed by atoms with Crippen molar-refractivity contribution in [1.29, 1.82) is 0 Å². The molecule has 2 unspecified atom stereocenters. The predicted molar refractivity (Wildman–Crippen MR) is 88.1 cm³/mol. The van der Waals surface area contributed by atoms with Gasteiger partial charge in [-0.2, -0.15) is 0 Å². The van der Waals surface area contributed by atoms with Crippen molar-refractivity contribution in [3.63, 3.8) is 0 Å². The van der Waals surface area contributed by atoms with Gasteiger partial charge in [0.15, 0.2) is 0 Å². The predicted octanol–water partition coefficient (Wildman–Crippen LogP) is 4.97. The van der Waals surface area contributed by atoms with Crippen molar-refractivity contribution in [3.8, 4) is 0 Å². The Hall–Kier alpha value is -0.670. The lowest BCUT2D eigenvalue weighted by molar-refractivity contribution is 0.584. The van der Waals surface area contributed by atoms with Crippen molar-refractivity contribution < 1.29 is 0 Å². The summed E-state index contributed by atoms with van der Waals surface area (Å²) in [5, 5.41) is 5.06. The minimum atomic E-state index is 0.411. The van der Waals surface area contributed by atoms with Gasteiger partial charge in [-0.3, -0.25) is 0 Å². The van der Waals surface area contributed by atoms with Gasteiger partial charge in [0.2, 0.25) is 0 Å². The van der Waals surface area contributed by atoms with Crippen LogP contribution in [0.4, 0.5) is 0 Å². The number of nitrogens with one attached hydrogen (secondary N) is 1. The van der Waals surface area contributed by atoms with Gasteiger partial charge in [0.1, 0.15) is 0 Å². The summed E-state index contributed by atoms with van der Waals surface area (Å²) in [5.74, 6) is 0. The number of halogens is 2. The van der Waals surface area contributed by atoms with Gasteiger partial charge in [-0.15, -0.1) is 11.8 Å². The number of rotatable bonds is 3. The van der Waals surface area contributed by atoms with Gasteiger partial charge in [-0.25, -0.2) is 0 Å². The van der Waals surface area contributed by atoms with Crippen LogP contribution in [0.3, 0.4) is 0 Å². The molecule has 1 aliphatic carbocycles. The summed E-state index contributed by atoms with van der Waals surface area (Å²) in [5.41, 5.74) is 2.85. The second-order valence-corrected chi connectivity index (χ2v) is 6.94. The zero-order valence-electron chi connectivity index (χ0n) is 11.1. The van der Waals surface area contributed by atoms with Crippen LogP contribution in [0.15, 0.2) is 47.4 Å². The molecule has 1 N–H and O–H groups in total. The van der Waals surface area contributed by atoms with E-state index in [0.29, 0.717) is 21.3 Å². The molecule has 4 heteroatoms. The second kappa shape index (κ2) is 5.98. The summed E-state index contributed by atoms with van der Waals surface area (Å²) in [4.78, 5) is 1.15. The summed E-state index contributed by atoms with van der Waals surface area (Å²) in [6.07, 6.45) is 1.08. The first-order valence-corrected chi connectivity index (χ1v) is 8.19. The Labute approximate surface area is 133 Å². The average molecular weight is 324 g/mol. The van der Waals surface area contributed by atoms with Crippen LogP contribution in [0.25, 0.3) is 0 Å². The highest BCUT2D eigenvalue weighted by Crippen LogP contribution is 2.45. The second-order valence-electron chi connectivity index (χ2n) is 4.91. The fraction of sp³-hybridized carbons (Fsp3) is 0.250. The first-order chi connectivity index (χ1) is 9.69. The van der Waals surface area contributed by atoms with E-state index in [2.05, 4.69) is 29.6 Å². The first-order valence-electron chi connectivity index (χ1n) is 6.56. The minimum absolute atomic E-state index is 0.411. The van der Waals surface area contributed by atoms with Gasteiger partial charge in [0.05, 0.1) is 15.3 Å². The Morgan fingerprint density at radius 3 is 2.65 bits per heavy atom. The third-order valence-corrected chi connectivity index (χ3v) is 5.79. The smallest absolute Gasteiger partial charge is 0.0603 e. The topological polar surface area (TPSA) is 12.0 Å². The Bertz CT molecular complexity index is 630. The average Bonchev–Trinajstić information content (AvgIpc) is 2.81. The lowest BCUT2D eigenvalue weighted by atomic mass is 10.1. The van der Waals surface area contributed by atoms with Crippen molar-refractivity contribution in [1.82, 2.24) is 5.32 Å². The number of thioether (sulfide) groups is 1. The summed E-state index contributed by atoms with van der Waals surface area (Å²) in [6, 6.07) is 15.0. The molecule has 0 aliphatic heterocycles. The molecule has 0 fully saturated rings. The van der Waals surface area contributed by atoms with Gasteiger partial charge in [0, 0.05) is 10.9 Å². The van der Waals surface area contributed by atoms with Crippen LogP contribution >= 0.6 is 35.0 Å². The van der Waals surface area contributed by atoms with E-state index in [4.69, 9.17) is 23.2 Å². The lowest BCUT2D eigenvalue weighted by Gasteiger charge is -2.19. The van der Waals surface area contributed by atoms with E-state index in [-0.39, 0.29) is 0 Å². The highest BCUT2D eigenvalue weighted by Gasteiger charge is 2.31. The summed E-state index contributed by atoms with van der Waals surface area (Å²) >= 11 is 13.9. The van der Waals surface area contributed by atoms with E-state index in [0.717, 1.165) is 11.3 Å². The molecule has 0 amide bonds. The fourth-order valence-corrected chi connectivity index (χ4v) is 4.40. The molecule has 0 saturated heterocycles. The zero-order valence-corrected chi connectivity index (χ0v) is 13.4. The highest BCUT2D eigenvalue weighted by atomic mass is 35.5. The Kier molecular flexibility index (Phi) is 4.27. The van der Waals surface area contributed by atoms with Gasteiger partial charge in [-0.1, -0.05) is 47.5 Å². The van der Waals surface area contributed by atoms with Crippen LogP contribution in [0.1, 0.15) is 16.4 Å². The molecule has 0 radical (unpaired) electrons. The molecule has 0 bridgehead atoms. The van der Waals surface area contributed by atoms with Gasteiger partial charge >= 0.3 is 0 Å². The summed E-state index contributed by atoms with van der Waals surface area (Å²) in [7, 11) is 2.03. The number of benzene rings is 2. The number of hydrogen-bond acceptors (Lipinski definition) is 2. The standard InChI is InChI=1S/C16H15Cl2NS/c1-19-15-8-10-4-2-3-5-12(10)16(15)20-11-6-7-13(17)14(18)9-11/h2-7,9,15-16,19H,8H2,1H3. The molecule has 1 nitrogen and oxygen atoms in total. The molecule has 0 saturated carbocycles. The quantitative estimate of drug-likeness (QED) is 0.855. The molecule has 0 spiro atoms. The van der Waals surface area contributed by atoms with Crippen molar-refractivity contribution in [2.45, 2.75) is 22.6 Å². The van der Waals surface area contributed by atoms with Crippen LogP contribution in [0.5, 0.6) is 0 Å². The Balaban J connectivity index is 1.90. The van der Waals surface area contributed by atoms with E-state index in [1.807, 2.05) is 37.0 Å². The van der Waals surface area contributed by atoms with Gasteiger partial charge < -0.3 is 5.32 Å². The molecular weight excluding hydrogens is 309 g/mol. The fourth-order valence-electron chi connectivity index (χ4n) is 2.65. The number of likely N-dealkylation sites (N-methyl/N-ethyl adjacent to an activating group) is 1. The van der Waals surface area contributed by atoms with E-state index < -0.39 is 0 Å². The summed E-state index contributed by atoms with van der Waals surface area (Å²) in [6.45, 7) is 0. The van der Waals surface area contributed by atoms with Gasteiger partial charge in [0.25, 0.3) is 0 Å². The third-order valence-electron chi connectivity index (χ3n) is 3.69. The molecule has 2 aromatic rings. The van der Waals surface area contributed by atoms with Crippen LogP contribution in [0, 0.1) is 0 Å². The monoisotopic (exact) mass is 323 g/mol. The van der Waals surface area contributed by atoms with E-state index in [9.17, 15) is 0 Å². The van der Waals surface area contributed by atoms with Crippen LogP contribution in [-0.2, 0) is 6.42 Å². The van der Waals surface area contributed by atoms with E-state index in [1.54, 1.807) is 0 Å². The number of hydrogen-bond donors (Lipinski definition) is 1. The molecule has 20 heavy (non-hydrogen) atoms. The van der Waals surface area contributed by atoms with Crippen molar-refractivity contribution in [2.24, 2.45) is 0 Å². The van der Waals surface area contributed by atoms with Crippen molar-refractivity contribution >= 4 is 35.0 Å². The van der Waals surface area contributed by atoms with E-state index >= 15 is 0 Å². The molecule has 1 aliphatic rings. The van der Waals surface area contributed by atoms with Crippen LogP contribution < -0.4 is 5.32 Å². The molecule has 2 atom stereocenters. The normalized spacial score (nSPS) is 20.9. The van der Waals surface area contributed by atoms with Gasteiger partial charge in [-0.05, 0) is 42.8 Å².